The molecule has 0 saturated heterocycles. The van der Waals surface area contributed by atoms with Crippen LogP contribution in [0.1, 0.15) is 45.1 Å². The molecular formula is C18H25ClFNO4. The number of carbonyl (C=O) groups is 2. The zero-order valence-corrected chi connectivity index (χ0v) is 15.2. The summed E-state index contributed by atoms with van der Waals surface area (Å²) < 4.78 is 13.7. The van der Waals surface area contributed by atoms with Crippen molar-refractivity contribution in [1.29, 1.82) is 0 Å². The first-order chi connectivity index (χ1) is 11.7. The fourth-order valence-corrected chi connectivity index (χ4v) is 3.30. The summed E-state index contributed by atoms with van der Waals surface area (Å²) in [6.45, 7) is 4.51. The summed E-state index contributed by atoms with van der Waals surface area (Å²) in [5, 5.41) is 17.3. The predicted octanol–water partition coefficient (Wildman–Crippen LogP) is 4.58. The first kappa shape index (κ1) is 21.2. The molecule has 1 aliphatic carbocycles. The van der Waals surface area contributed by atoms with Gasteiger partial charge in [0.1, 0.15) is 5.82 Å². The van der Waals surface area contributed by atoms with Crippen LogP contribution >= 0.6 is 11.6 Å². The number of hydrogen-bond donors (Lipinski definition) is 3. The fraction of sp³-hybridized carbons (Fsp3) is 0.556. The van der Waals surface area contributed by atoms with Crippen molar-refractivity contribution in [3.05, 3.63) is 34.6 Å². The highest BCUT2D eigenvalue weighted by Crippen LogP contribution is 2.30. The van der Waals surface area contributed by atoms with Gasteiger partial charge in [-0.05, 0) is 49.7 Å². The van der Waals surface area contributed by atoms with E-state index in [0.717, 1.165) is 31.6 Å². The summed E-state index contributed by atoms with van der Waals surface area (Å²) in [7, 11) is 0. The lowest BCUT2D eigenvalue weighted by Crippen LogP contribution is -2.39. The van der Waals surface area contributed by atoms with E-state index in [1.807, 2.05) is 0 Å². The highest BCUT2D eigenvalue weighted by Gasteiger charge is 2.24. The third kappa shape index (κ3) is 7.73. The van der Waals surface area contributed by atoms with Gasteiger partial charge in [-0.2, -0.15) is 0 Å². The average Bonchev–Trinajstić information content (AvgIpc) is 2.51. The molecule has 140 valence electrons. The van der Waals surface area contributed by atoms with Gasteiger partial charge in [0, 0.05) is 16.6 Å². The molecule has 1 fully saturated rings. The van der Waals surface area contributed by atoms with Crippen LogP contribution in [0.2, 0.25) is 5.02 Å². The van der Waals surface area contributed by atoms with Gasteiger partial charge in [0.25, 0.3) is 0 Å². The van der Waals surface area contributed by atoms with Crippen molar-refractivity contribution in [3.8, 4) is 0 Å². The SMILES string of the molecule is CC(C)C1CCC(NC(=O)Cc2c(F)cccc2Cl)CC1.O=C(O)O. The number of benzene rings is 1. The highest BCUT2D eigenvalue weighted by atomic mass is 35.5. The Morgan fingerprint density at radius 1 is 1.24 bits per heavy atom. The van der Waals surface area contributed by atoms with Crippen molar-refractivity contribution in [2.24, 2.45) is 11.8 Å². The van der Waals surface area contributed by atoms with Crippen LogP contribution in [0.3, 0.4) is 0 Å². The zero-order chi connectivity index (χ0) is 19.0. The quantitative estimate of drug-likeness (QED) is 0.721. The van der Waals surface area contributed by atoms with E-state index in [0.29, 0.717) is 10.9 Å². The summed E-state index contributed by atoms with van der Waals surface area (Å²) in [5.74, 6) is 0.911. The second kappa shape index (κ2) is 10.2. The van der Waals surface area contributed by atoms with Crippen LogP contribution in [0.25, 0.3) is 0 Å². The summed E-state index contributed by atoms with van der Waals surface area (Å²) in [6, 6.07) is 4.72. The van der Waals surface area contributed by atoms with Crippen LogP contribution in [-0.4, -0.2) is 28.3 Å². The van der Waals surface area contributed by atoms with Gasteiger partial charge in [0.15, 0.2) is 0 Å². The van der Waals surface area contributed by atoms with Crippen molar-refractivity contribution in [2.45, 2.75) is 52.0 Å². The Kier molecular flexibility index (Phi) is 8.69. The fourth-order valence-electron chi connectivity index (χ4n) is 3.07. The first-order valence-corrected chi connectivity index (χ1v) is 8.72. The van der Waals surface area contributed by atoms with Crippen LogP contribution in [-0.2, 0) is 11.2 Å². The molecule has 5 nitrogen and oxygen atoms in total. The number of hydrogen-bond acceptors (Lipinski definition) is 2. The zero-order valence-electron chi connectivity index (χ0n) is 14.5. The minimum Gasteiger partial charge on any atom is -0.450 e. The highest BCUT2D eigenvalue weighted by molar-refractivity contribution is 6.31. The van der Waals surface area contributed by atoms with Crippen LogP contribution in [0.15, 0.2) is 18.2 Å². The Bertz CT molecular complexity index is 562. The molecule has 0 aromatic heterocycles. The van der Waals surface area contributed by atoms with Crippen LogP contribution in [0.4, 0.5) is 9.18 Å². The third-order valence-electron chi connectivity index (χ3n) is 4.48. The number of carboxylic acid groups (broad SMARTS) is 2. The Morgan fingerprint density at radius 3 is 2.28 bits per heavy atom. The molecule has 0 bridgehead atoms. The van der Waals surface area contributed by atoms with Gasteiger partial charge in [-0.1, -0.05) is 31.5 Å². The molecule has 7 heteroatoms. The minimum atomic E-state index is -1.83. The first-order valence-electron chi connectivity index (χ1n) is 8.34. The topological polar surface area (TPSA) is 86.6 Å². The van der Waals surface area contributed by atoms with Crippen molar-refractivity contribution in [2.75, 3.05) is 0 Å². The van der Waals surface area contributed by atoms with Crippen LogP contribution in [0.5, 0.6) is 0 Å². The largest absolute Gasteiger partial charge is 0.503 e. The van der Waals surface area contributed by atoms with Crippen molar-refractivity contribution >= 4 is 23.7 Å². The van der Waals surface area contributed by atoms with Crippen molar-refractivity contribution in [1.82, 2.24) is 5.32 Å². The number of halogens is 2. The van der Waals surface area contributed by atoms with Crippen LogP contribution < -0.4 is 5.32 Å². The van der Waals surface area contributed by atoms with Gasteiger partial charge in [0.05, 0.1) is 6.42 Å². The number of carbonyl (C=O) groups excluding carboxylic acids is 1. The molecule has 2 rings (SSSR count). The summed E-state index contributed by atoms with van der Waals surface area (Å²) in [6.07, 6.45) is 2.51. The smallest absolute Gasteiger partial charge is 0.450 e. The van der Waals surface area contributed by atoms with E-state index < -0.39 is 12.0 Å². The molecule has 1 aromatic carbocycles. The van der Waals surface area contributed by atoms with Gasteiger partial charge >= 0.3 is 6.16 Å². The molecule has 0 heterocycles. The lowest BCUT2D eigenvalue weighted by atomic mass is 9.79. The standard InChI is InChI=1S/C17H23ClFNO.CH2O3/c1-11(2)12-6-8-13(9-7-12)20-17(21)10-14-15(18)4-3-5-16(14)19;2-1(3)4/h3-5,11-13H,6-10H2,1-2H3,(H,20,21);(H2,2,3,4). The van der Waals surface area contributed by atoms with E-state index in [4.69, 9.17) is 26.6 Å². The lowest BCUT2D eigenvalue weighted by Gasteiger charge is -2.31. The Labute approximate surface area is 152 Å². The maximum Gasteiger partial charge on any atom is 0.503 e. The minimum absolute atomic E-state index is 0.00954. The third-order valence-corrected chi connectivity index (χ3v) is 4.83. The molecule has 1 saturated carbocycles. The Balaban J connectivity index is 0.000000705. The Morgan fingerprint density at radius 2 is 1.80 bits per heavy atom. The summed E-state index contributed by atoms with van der Waals surface area (Å²) in [4.78, 5) is 20.6. The molecule has 3 N–H and O–H groups in total. The van der Waals surface area contributed by atoms with Gasteiger partial charge in [-0.25, -0.2) is 9.18 Å². The molecule has 1 amide bonds. The van der Waals surface area contributed by atoms with E-state index in [2.05, 4.69) is 19.2 Å². The molecule has 1 aliphatic rings. The number of amides is 1. The number of rotatable bonds is 4. The van der Waals surface area contributed by atoms with E-state index in [1.165, 1.54) is 6.07 Å². The molecule has 0 atom stereocenters. The monoisotopic (exact) mass is 373 g/mol. The normalized spacial score (nSPS) is 19.7. The van der Waals surface area contributed by atoms with E-state index >= 15 is 0 Å². The predicted molar refractivity (Wildman–Crippen MR) is 94.5 cm³/mol. The number of nitrogens with one attached hydrogen (secondary N) is 1. The molecule has 0 aliphatic heterocycles. The van der Waals surface area contributed by atoms with Gasteiger partial charge < -0.3 is 15.5 Å². The van der Waals surface area contributed by atoms with E-state index in [1.54, 1.807) is 12.1 Å². The van der Waals surface area contributed by atoms with Gasteiger partial charge in [-0.15, -0.1) is 0 Å². The Hall–Kier alpha value is -1.82. The molecule has 1 aromatic rings. The molecular weight excluding hydrogens is 349 g/mol. The van der Waals surface area contributed by atoms with Crippen molar-refractivity contribution in [3.63, 3.8) is 0 Å². The molecule has 0 radical (unpaired) electrons. The lowest BCUT2D eigenvalue weighted by molar-refractivity contribution is -0.121. The average molecular weight is 374 g/mol. The molecule has 25 heavy (non-hydrogen) atoms. The summed E-state index contributed by atoms with van der Waals surface area (Å²) >= 11 is 5.95. The van der Waals surface area contributed by atoms with E-state index in [9.17, 15) is 9.18 Å². The van der Waals surface area contributed by atoms with Gasteiger partial charge in [-0.3, -0.25) is 4.79 Å². The maximum atomic E-state index is 13.7. The summed E-state index contributed by atoms with van der Waals surface area (Å²) in [5.41, 5.74) is 0.285. The maximum absolute atomic E-state index is 13.7. The second-order valence-corrected chi connectivity index (χ2v) is 6.99. The van der Waals surface area contributed by atoms with E-state index in [-0.39, 0.29) is 23.9 Å². The van der Waals surface area contributed by atoms with Gasteiger partial charge in [0.2, 0.25) is 5.91 Å². The molecule has 0 spiro atoms. The molecule has 0 unspecified atom stereocenters. The van der Waals surface area contributed by atoms with Crippen molar-refractivity contribution < 1.29 is 24.2 Å². The second-order valence-electron chi connectivity index (χ2n) is 6.58. The van der Waals surface area contributed by atoms with Crippen LogP contribution in [0, 0.1) is 17.7 Å².